The van der Waals surface area contributed by atoms with Crippen molar-refractivity contribution in [3.05, 3.63) is 0 Å². The van der Waals surface area contributed by atoms with Gasteiger partial charge in [-0.05, 0) is 38.6 Å². The molecule has 1 fully saturated rings. The lowest BCUT2D eigenvalue weighted by molar-refractivity contribution is 0.0113. The van der Waals surface area contributed by atoms with E-state index in [9.17, 15) is 0 Å². The SMILES string of the molecule is CCCCOCCNCCC1CCCCO1. The van der Waals surface area contributed by atoms with Crippen molar-refractivity contribution >= 4 is 0 Å². The number of hydrogen-bond donors (Lipinski definition) is 1. The molecule has 0 bridgehead atoms. The maximum Gasteiger partial charge on any atom is 0.0590 e. The van der Waals surface area contributed by atoms with Crippen LogP contribution >= 0.6 is 0 Å². The fourth-order valence-corrected chi connectivity index (χ4v) is 1.92. The van der Waals surface area contributed by atoms with E-state index < -0.39 is 0 Å². The van der Waals surface area contributed by atoms with Crippen molar-refractivity contribution in [3.63, 3.8) is 0 Å². The first-order valence-electron chi connectivity index (χ1n) is 6.83. The smallest absolute Gasteiger partial charge is 0.0590 e. The van der Waals surface area contributed by atoms with Crippen LogP contribution in [-0.2, 0) is 9.47 Å². The second-order valence-corrected chi connectivity index (χ2v) is 4.49. The first-order valence-corrected chi connectivity index (χ1v) is 6.83. The lowest BCUT2D eigenvalue weighted by Crippen LogP contribution is -2.27. The Kier molecular flexibility index (Phi) is 8.77. The summed E-state index contributed by atoms with van der Waals surface area (Å²) in [7, 11) is 0. The minimum Gasteiger partial charge on any atom is -0.380 e. The van der Waals surface area contributed by atoms with E-state index in [1.54, 1.807) is 0 Å². The average molecular weight is 229 g/mol. The molecule has 3 nitrogen and oxygen atoms in total. The van der Waals surface area contributed by atoms with Crippen LogP contribution in [0.2, 0.25) is 0 Å². The van der Waals surface area contributed by atoms with Crippen LogP contribution in [0.3, 0.4) is 0 Å². The Bertz CT molecular complexity index is 147. The predicted octanol–water partition coefficient (Wildman–Crippen LogP) is 2.35. The molecule has 0 spiro atoms. The standard InChI is InChI=1S/C13H27NO2/c1-2-3-10-15-12-9-14-8-7-13-6-4-5-11-16-13/h13-14H,2-12H2,1H3. The second-order valence-electron chi connectivity index (χ2n) is 4.49. The molecule has 0 radical (unpaired) electrons. The molecule has 1 aliphatic heterocycles. The molecule has 0 aliphatic carbocycles. The minimum absolute atomic E-state index is 0.502. The molecule has 0 aromatic carbocycles. The molecule has 1 atom stereocenters. The third kappa shape index (κ3) is 7.20. The lowest BCUT2D eigenvalue weighted by atomic mass is 10.1. The van der Waals surface area contributed by atoms with Crippen molar-refractivity contribution in [3.8, 4) is 0 Å². The Hall–Kier alpha value is -0.120. The normalized spacial score (nSPS) is 21.2. The molecular weight excluding hydrogens is 202 g/mol. The van der Waals surface area contributed by atoms with Crippen LogP contribution in [0.25, 0.3) is 0 Å². The van der Waals surface area contributed by atoms with E-state index in [2.05, 4.69) is 12.2 Å². The van der Waals surface area contributed by atoms with Crippen LogP contribution < -0.4 is 5.32 Å². The Morgan fingerprint density at radius 1 is 1.25 bits per heavy atom. The van der Waals surface area contributed by atoms with E-state index in [1.807, 2.05) is 0 Å². The van der Waals surface area contributed by atoms with Crippen LogP contribution in [0.15, 0.2) is 0 Å². The van der Waals surface area contributed by atoms with Gasteiger partial charge in [-0.1, -0.05) is 13.3 Å². The first kappa shape index (κ1) is 13.9. The molecule has 16 heavy (non-hydrogen) atoms. The largest absolute Gasteiger partial charge is 0.380 e. The van der Waals surface area contributed by atoms with Gasteiger partial charge < -0.3 is 14.8 Å². The summed E-state index contributed by atoms with van der Waals surface area (Å²) in [6, 6.07) is 0. The molecule has 1 N–H and O–H groups in total. The summed E-state index contributed by atoms with van der Waals surface area (Å²) in [5.41, 5.74) is 0. The van der Waals surface area contributed by atoms with Crippen molar-refractivity contribution in [1.29, 1.82) is 0 Å². The topological polar surface area (TPSA) is 30.5 Å². The number of hydrogen-bond acceptors (Lipinski definition) is 3. The molecule has 0 aromatic rings. The highest BCUT2D eigenvalue weighted by molar-refractivity contribution is 4.64. The quantitative estimate of drug-likeness (QED) is 0.616. The highest BCUT2D eigenvalue weighted by Gasteiger charge is 2.12. The molecular formula is C13H27NO2. The summed E-state index contributed by atoms with van der Waals surface area (Å²) in [6.45, 7) is 6.92. The Morgan fingerprint density at radius 2 is 2.19 bits per heavy atom. The molecule has 3 heteroatoms. The van der Waals surface area contributed by atoms with E-state index in [0.717, 1.165) is 39.3 Å². The van der Waals surface area contributed by atoms with Crippen LogP contribution in [0, 0.1) is 0 Å². The van der Waals surface area contributed by atoms with Crippen molar-refractivity contribution in [2.24, 2.45) is 0 Å². The highest BCUT2D eigenvalue weighted by atomic mass is 16.5. The lowest BCUT2D eigenvalue weighted by Gasteiger charge is -2.22. The van der Waals surface area contributed by atoms with Crippen molar-refractivity contribution in [1.82, 2.24) is 5.32 Å². The Labute approximate surface area is 99.9 Å². The number of ether oxygens (including phenoxy) is 2. The monoisotopic (exact) mass is 229 g/mol. The predicted molar refractivity (Wildman–Crippen MR) is 66.8 cm³/mol. The van der Waals surface area contributed by atoms with Crippen LogP contribution in [0.1, 0.15) is 45.4 Å². The van der Waals surface area contributed by atoms with E-state index >= 15 is 0 Å². The molecule has 1 heterocycles. The third-order valence-corrected chi connectivity index (χ3v) is 2.98. The van der Waals surface area contributed by atoms with Crippen LogP contribution in [0.5, 0.6) is 0 Å². The van der Waals surface area contributed by atoms with Crippen LogP contribution in [-0.4, -0.2) is 39.0 Å². The van der Waals surface area contributed by atoms with Gasteiger partial charge >= 0.3 is 0 Å². The van der Waals surface area contributed by atoms with E-state index in [0.29, 0.717) is 6.10 Å². The Morgan fingerprint density at radius 3 is 2.94 bits per heavy atom. The summed E-state index contributed by atoms with van der Waals surface area (Å²) in [6.07, 6.45) is 7.87. The number of nitrogens with one attached hydrogen (secondary N) is 1. The second kappa shape index (κ2) is 10.1. The first-order chi connectivity index (χ1) is 7.93. The van der Waals surface area contributed by atoms with Gasteiger partial charge in [0.15, 0.2) is 0 Å². The van der Waals surface area contributed by atoms with E-state index in [-0.39, 0.29) is 0 Å². The zero-order chi connectivity index (χ0) is 11.5. The number of unbranched alkanes of at least 4 members (excludes halogenated alkanes) is 1. The Balaban J connectivity index is 1.77. The molecule has 1 unspecified atom stereocenters. The van der Waals surface area contributed by atoms with Gasteiger partial charge in [0.25, 0.3) is 0 Å². The van der Waals surface area contributed by atoms with Crippen molar-refractivity contribution in [2.45, 2.75) is 51.6 Å². The van der Waals surface area contributed by atoms with E-state index in [1.165, 1.54) is 32.1 Å². The van der Waals surface area contributed by atoms with Gasteiger partial charge in [0, 0.05) is 19.8 Å². The average Bonchev–Trinajstić information content (AvgIpc) is 2.34. The van der Waals surface area contributed by atoms with Crippen molar-refractivity contribution in [2.75, 3.05) is 32.9 Å². The fourth-order valence-electron chi connectivity index (χ4n) is 1.92. The van der Waals surface area contributed by atoms with E-state index in [4.69, 9.17) is 9.47 Å². The summed E-state index contributed by atoms with van der Waals surface area (Å²) in [5, 5.41) is 3.40. The summed E-state index contributed by atoms with van der Waals surface area (Å²) < 4.78 is 11.1. The summed E-state index contributed by atoms with van der Waals surface area (Å²) >= 11 is 0. The molecule has 1 aliphatic rings. The summed E-state index contributed by atoms with van der Waals surface area (Å²) in [4.78, 5) is 0. The van der Waals surface area contributed by atoms with Gasteiger partial charge in [-0.2, -0.15) is 0 Å². The maximum absolute atomic E-state index is 5.67. The van der Waals surface area contributed by atoms with Gasteiger partial charge in [0.05, 0.1) is 12.7 Å². The molecule has 96 valence electrons. The van der Waals surface area contributed by atoms with Gasteiger partial charge in [0.1, 0.15) is 0 Å². The van der Waals surface area contributed by atoms with Gasteiger partial charge in [-0.25, -0.2) is 0 Å². The molecule has 0 aromatic heterocycles. The van der Waals surface area contributed by atoms with Gasteiger partial charge in [0.2, 0.25) is 0 Å². The molecule has 1 saturated heterocycles. The van der Waals surface area contributed by atoms with Gasteiger partial charge in [-0.15, -0.1) is 0 Å². The zero-order valence-electron chi connectivity index (χ0n) is 10.7. The highest BCUT2D eigenvalue weighted by Crippen LogP contribution is 2.14. The van der Waals surface area contributed by atoms with Gasteiger partial charge in [-0.3, -0.25) is 0 Å². The number of rotatable bonds is 9. The minimum atomic E-state index is 0.502. The molecule has 1 rings (SSSR count). The maximum atomic E-state index is 5.67. The van der Waals surface area contributed by atoms with Crippen LogP contribution in [0.4, 0.5) is 0 Å². The molecule has 0 amide bonds. The fraction of sp³-hybridized carbons (Fsp3) is 1.00. The third-order valence-electron chi connectivity index (χ3n) is 2.98. The van der Waals surface area contributed by atoms with Crippen molar-refractivity contribution < 1.29 is 9.47 Å². The zero-order valence-corrected chi connectivity index (χ0v) is 10.7. The molecule has 0 saturated carbocycles. The summed E-state index contributed by atoms with van der Waals surface area (Å²) in [5.74, 6) is 0.